The maximum absolute atomic E-state index is 12.2. The van der Waals surface area contributed by atoms with Gasteiger partial charge in [0.15, 0.2) is 0 Å². The Morgan fingerprint density at radius 1 is 1.25 bits per heavy atom. The first-order valence-corrected chi connectivity index (χ1v) is 8.80. The van der Waals surface area contributed by atoms with Crippen LogP contribution in [0.2, 0.25) is 0 Å². The molecule has 128 valence electrons. The fourth-order valence-electron chi connectivity index (χ4n) is 3.01. The number of halogens is 1. The number of amides is 1. The van der Waals surface area contributed by atoms with Crippen LogP contribution in [0.25, 0.3) is 0 Å². The predicted octanol–water partition coefficient (Wildman–Crippen LogP) is 3.67. The lowest BCUT2D eigenvalue weighted by atomic mass is 9.97. The summed E-state index contributed by atoms with van der Waals surface area (Å²) in [4.78, 5) is 18.1. The summed E-state index contributed by atoms with van der Waals surface area (Å²) in [7, 11) is 0. The van der Waals surface area contributed by atoms with E-state index in [1.54, 1.807) is 4.90 Å². The number of likely N-dealkylation sites (tertiary alicyclic amines) is 1. The van der Waals surface area contributed by atoms with E-state index in [2.05, 4.69) is 9.55 Å². The van der Waals surface area contributed by atoms with E-state index < -0.39 is 0 Å². The zero-order valence-corrected chi connectivity index (χ0v) is 14.4. The highest BCUT2D eigenvalue weighted by atomic mass is 35.5. The quantitative estimate of drug-likeness (QED) is 0.775. The molecule has 0 N–H and O–H groups in total. The van der Waals surface area contributed by atoms with Gasteiger partial charge in [-0.05, 0) is 24.3 Å². The van der Waals surface area contributed by atoms with Crippen molar-refractivity contribution in [3.05, 3.63) is 54.1 Å². The fraction of sp³-hybridized carbons (Fsp3) is 0.444. The van der Waals surface area contributed by atoms with Gasteiger partial charge in [-0.1, -0.05) is 30.3 Å². The summed E-state index contributed by atoms with van der Waals surface area (Å²) in [5.74, 6) is 1.02. The van der Waals surface area contributed by atoms with Gasteiger partial charge in [0.1, 0.15) is 6.61 Å². The van der Waals surface area contributed by atoms with Crippen LogP contribution in [0.4, 0.5) is 4.79 Å². The average molecular weight is 348 g/mol. The number of carbonyl (C=O) groups is 1. The summed E-state index contributed by atoms with van der Waals surface area (Å²) in [6, 6.07) is 9.75. The molecule has 1 aliphatic heterocycles. The van der Waals surface area contributed by atoms with Gasteiger partial charge in [0, 0.05) is 25.8 Å². The van der Waals surface area contributed by atoms with Crippen LogP contribution in [0.5, 0.6) is 0 Å². The molecule has 0 saturated carbocycles. The van der Waals surface area contributed by atoms with Gasteiger partial charge >= 0.3 is 6.09 Å². The van der Waals surface area contributed by atoms with Gasteiger partial charge in [-0.15, -0.1) is 11.6 Å². The summed E-state index contributed by atoms with van der Waals surface area (Å²) in [6.07, 6.45) is 5.36. The van der Waals surface area contributed by atoms with E-state index in [1.807, 2.05) is 42.9 Å². The van der Waals surface area contributed by atoms with E-state index in [4.69, 9.17) is 16.3 Å². The van der Waals surface area contributed by atoms with Crippen molar-refractivity contribution < 1.29 is 9.53 Å². The highest BCUT2D eigenvalue weighted by molar-refractivity contribution is 6.16. The molecule has 0 radical (unpaired) electrons. The van der Waals surface area contributed by atoms with Gasteiger partial charge in [0.05, 0.1) is 17.9 Å². The molecule has 2 heterocycles. The standard InChI is InChI=1S/C18H22ClN3O2/c19-10-17-11-20-14-22(17)12-15-6-8-21(9-7-15)18(23)24-13-16-4-2-1-3-5-16/h1-5,11,14-15H,6-10,12-13H2. The topological polar surface area (TPSA) is 47.4 Å². The summed E-state index contributed by atoms with van der Waals surface area (Å²) in [6.45, 7) is 2.72. The number of hydrogen-bond acceptors (Lipinski definition) is 3. The minimum atomic E-state index is -0.221. The first-order chi connectivity index (χ1) is 11.8. The molecule has 1 fully saturated rings. The van der Waals surface area contributed by atoms with Crippen LogP contribution in [0.1, 0.15) is 24.1 Å². The Bertz CT molecular complexity index is 651. The summed E-state index contributed by atoms with van der Waals surface area (Å²) in [5, 5.41) is 0. The molecule has 0 unspecified atom stereocenters. The predicted molar refractivity (Wildman–Crippen MR) is 92.7 cm³/mol. The van der Waals surface area contributed by atoms with Crippen molar-refractivity contribution in [2.75, 3.05) is 13.1 Å². The van der Waals surface area contributed by atoms with E-state index in [0.29, 0.717) is 18.4 Å². The Morgan fingerprint density at radius 2 is 2.00 bits per heavy atom. The molecule has 0 bridgehead atoms. The van der Waals surface area contributed by atoms with Crippen LogP contribution in [0, 0.1) is 5.92 Å². The normalized spacial score (nSPS) is 15.5. The largest absolute Gasteiger partial charge is 0.445 e. The second-order valence-corrected chi connectivity index (χ2v) is 6.41. The molecular weight excluding hydrogens is 326 g/mol. The zero-order chi connectivity index (χ0) is 16.8. The number of rotatable bonds is 5. The minimum Gasteiger partial charge on any atom is -0.445 e. The van der Waals surface area contributed by atoms with Crippen molar-refractivity contribution in [3.63, 3.8) is 0 Å². The third-order valence-corrected chi connectivity index (χ3v) is 4.74. The molecular formula is C18H22ClN3O2. The maximum atomic E-state index is 12.2. The number of benzene rings is 1. The minimum absolute atomic E-state index is 0.221. The lowest BCUT2D eigenvalue weighted by molar-refractivity contribution is 0.0806. The molecule has 1 aromatic carbocycles. The Labute approximate surface area is 147 Å². The molecule has 0 spiro atoms. The number of aromatic nitrogens is 2. The first kappa shape index (κ1) is 16.8. The Balaban J connectivity index is 1.43. The molecule has 0 aliphatic carbocycles. The number of alkyl halides is 1. The number of hydrogen-bond donors (Lipinski definition) is 0. The van der Waals surface area contributed by atoms with Gasteiger partial charge in [-0.3, -0.25) is 0 Å². The summed E-state index contributed by atoms with van der Waals surface area (Å²) in [5.41, 5.74) is 2.05. The molecule has 1 aliphatic rings. The molecule has 0 atom stereocenters. The second-order valence-electron chi connectivity index (χ2n) is 6.14. The number of nitrogens with zero attached hydrogens (tertiary/aromatic N) is 3. The lowest BCUT2D eigenvalue weighted by Gasteiger charge is -2.31. The maximum Gasteiger partial charge on any atom is 0.410 e. The van der Waals surface area contributed by atoms with Crippen LogP contribution in [0.15, 0.2) is 42.9 Å². The van der Waals surface area contributed by atoms with E-state index in [0.717, 1.165) is 43.7 Å². The van der Waals surface area contributed by atoms with Crippen LogP contribution in [-0.2, 0) is 23.8 Å². The molecule has 1 saturated heterocycles. The molecule has 24 heavy (non-hydrogen) atoms. The third kappa shape index (κ3) is 4.29. The summed E-state index contributed by atoms with van der Waals surface area (Å²) >= 11 is 5.91. The Hall–Kier alpha value is -2.01. The number of carbonyl (C=O) groups excluding carboxylic acids is 1. The second kappa shape index (κ2) is 8.20. The van der Waals surface area contributed by atoms with Crippen molar-refractivity contribution in [3.8, 4) is 0 Å². The smallest absolute Gasteiger partial charge is 0.410 e. The van der Waals surface area contributed by atoms with Gasteiger partial charge < -0.3 is 14.2 Å². The average Bonchev–Trinajstić information content (AvgIpc) is 3.08. The van der Waals surface area contributed by atoms with Crippen LogP contribution in [-0.4, -0.2) is 33.6 Å². The lowest BCUT2D eigenvalue weighted by Crippen LogP contribution is -2.39. The van der Waals surface area contributed by atoms with Crippen molar-refractivity contribution in [2.24, 2.45) is 5.92 Å². The third-order valence-electron chi connectivity index (χ3n) is 4.47. The van der Waals surface area contributed by atoms with Crippen molar-refractivity contribution in [1.82, 2.24) is 14.5 Å². The van der Waals surface area contributed by atoms with Gasteiger partial charge in [-0.2, -0.15) is 0 Å². The molecule has 1 amide bonds. The number of piperidine rings is 1. The van der Waals surface area contributed by atoms with Gasteiger partial charge in [-0.25, -0.2) is 9.78 Å². The highest BCUT2D eigenvalue weighted by Crippen LogP contribution is 2.21. The van der Waals surface area contributed by atoms with E-state index in [1.165, 1.54) is 0 Å². The number of ether oxygens (including phenoxy) is 1. The van der Waals surface area contributed by atoms with Crippen molar-refractivity contribution in [2.45, 2.75) is 31.9 Å². The van der Waals surface area contributed by atoms with Crippen LogP contribution >= 0.6 is 11.6 Å². The first-order valence-electron chi connectivity index (χ1n) is 8.27. The molecule has 1 aromatic heterocycles. The fourth-order valence-corrected chi connectivity index (χ4v) is 3.23. The number of imidazole rings is 1. The van der Waals surface area contributed by atoms with Gasteiger partial charge in [0.2, 0.25) is 0 Å². The van der Waals surface area contributed by atoms with Crippen molar-refractivity contribution in [1.29, 1.82) is 0 Å². The van der Waals surface area contributed by atoms with E-state index in [-0.39, 0.29) is 6.09 Å². The van der Waals surface area contributed by atoms with Gasteiger partial charge in [0.25, 0.3) is 0 Å². The monoisotopic (exact) mass is 347 g/mol. The van der Waals surface area contributed by atoms with Crippen molar-refractivity contribution >= 4 is 17.7 Å². The van der Waals surface area contributed by atoms with Crippen LogP contribution < -0.4 is 0 Å². The summed E-state index contributed by atoms with van der Waals surface area (Å²) < 4.78 is 7.51. The molecule has 6 heteroatoms. The molecule has 2 aromatic rings. The Morgan fingerprint density at radius 3 is 2.71 bits per heavy atom. The van der Waals surface area contributed by atoms with E-state index >= 15 is 0 Å². The van der Waals surface area contributed by atoms with Crippen LogP contribution in [0.3, 0.4) is 0 Å². The Kier molecular flexibility index (Phi) is 5.75. The zero-order valence-electron chi connectivity index (χ0n) is 13.6. The molecule has 5 nitrogen and oxygen atoms in total. The molecule has 3 rings (SSSR count). The SMILES string of the molecule is O=C(OCc1ccccc1)N1CCC(Cn2cncc2CCl)CC1. The highest BCUT2D eigenvalue weighted by Gasteiger charge is 2.24. The van der Waals surface area contributed by atoms with E-state index in [9.17, 15) is 4.79 Å².